The molecule has 0 heterocycles. The molecule has 0 aromatic heterocycles. The zero-order valence-electron chi connectivity index (χ0n) is 10.7. The quantitative estimate of drug-likeness (QED) is 0.374. The minimum Gasteiger partial charge on any atom is -0.481 e. The van der Waals surface area contributed by atoms with Gasteiger partial charge < -0.3 is 9.84 Å². The molecule has 0 unspecified atom stereocenters. The van der Waals surface area contributed by atoms with Gasteiger partial charge in [-0.2, -0.15) is 0 Å². The average molecular weight is 388 g/mol. The Bertz CT molecular complexity index is 275. The Balaban J connectivity index is 4.05. The maximum atomic E-state index is 11.8. The summed E-state index contributed by atoms with van der Waals surface area (Å²) in [7, 11) is 0. The van der Waals surface area contributed by atoms with Gasteiger partial charge >= 0.3 is 11.9 Å². The Labute approximate surface area is 125 Å². The summed E-state index contributed by atoms with van der Waals surface area (Å²) in [4.78, 5) is 22.2. The molecule has 0 aliphatic rings. The molecule has 0 saturated heterocycles. The molecule has 0 atom stereocenters. The van der Waals surface area contributed by atoms with Gasteiger partial charge in [-0.1, -0.05) is 31.9 Å². The maximum Gasteiger partial charge on any atom is 0.311 e. The summed E-state index contributed by atoms with van der Waals surface area (Å²) in [6.45, 7) is 3.70. The van der Waals surface area contributed by atoms with E-state index in [1.54, 1.807) is 0 Å². The van der Waals surface area contributed by atoms with Crippen molar-refractivity contribution in [2.45, 2.75) is 45.1 Å². The van der Waals surface area contributed by atoms with Crippen LogP contribution >= 0.6 is 31.9 Å². The van der Waals surface area contributed by atoms with Gasteiger partial charge in [0.1, 0.15) is 5.60 Å². The predicted molar refractivity (Wildman–Crippen MR) is 77.4 cm³/mol. The Morgan fingerprint density at radius 1 is 1.22 bits per heavy atom. The van der Waals surface area contributed by atoms with E-state index >= 15 is 0 Å². The molecule has 0 rings (SSSR count). The number of carbonyl (C=O) groups excluding carboxylic acids is 1. The molecule has 0 amide bonds. The number of alkyl halides is 2. The van der Waals surface area contributed by atoms with Crippen molar-refractivity contribution in [3.63, 3.8) is 0 Å². The van der Waals surface area contributed by atoms with Gasteiger partial charge in [-0.3, -0.25) is 9.59 Å². The predicted octanol–water partition coefficient (Wildman–Crippen LogP) is 3.36. The fraction of sp³-hybridized carbons (Fsp3) is 0.833. The first kappa shape index (κ1) is 17.9. The SMILES string of the molecule is CC(C)(CCCCC(=O)O)OC(=O)C(CBr)CBr. The van der Waals surface area contributed by atoms with E-state index in [0.29, 0.717) is 23.5 Å². The number of ether oxygens (including phenoxy) is 1. The Morgan fingerprint density at radius 2 is 1.78 bits per heavy atom. The minimum atomic E-state index is -0.788. The van der Waals surface area contributed by atoms with Gasteiger partial charge in [-0.05, 0) is 33.1 Å². The first-order chi connectivity index (χ1) is 8.32. The lowest BCUT2D eigenvalue weighted by atomic mass is 10.00. The zero-order chi connectivity index (χ0) is 14.2. The van der Waals surface area contributed by atoms with Crippen molar-refractivity contribution in [3.05, 3.63) is 0 Å². The Morgan fingerprint density at radius 3 is 2.22 bits per heavy atom. The summed E-state index contributed by atoms with van der Waals surface area (Å²) in [6.07, 6.45) is 2.18. The van der Waals surface area contributed by atoms with Crippen molar-refractivity contribution in [2.24, 2.45) is 5.92 Å². The molecule has 0 aliphatic heterocycles. The van der Waals surface area contributed by atoms with Crippen molar-refractivity contribution in [2.75, 3.05) is 10.7 Å². The normalized spacial score (nSPS) is 11.6. The summed E-state index contributed by atoms with van der Waals surface area (Å²) in [6, 6.07) is 0. The third-order valence-corrected chi connectivity index (χ3v) is 4.07. The van der Waals surface area contributed by atoms with Crippen molar-refractivity contribution in [1.82, 2.24) is 0 Å². The van der Waals surface area contributed by atoms with Crippen LogP contribution in [0.25, 0.3) is 0 Å². The molecule has 0 spiro atoms. The van der Waals surface area contributed by atoms with Crippen LogP contribution in [0.15, 0.2) is 0 Å². The maximum absolute atomic E-state index is 11.8. The van der Waals surface area contributed by atoms with Crippen molar-refractivity contribution in [1.29, 1.82) is 0 Å². The summed E-state index contributed by atoms with van der Waals surface area (Å²) >= 11 is 6.54. The molecular weight excluding hydrogens is 368 g/mol. The number of carbonyl (C=O) groups is 2. The van der Waals surface area contributed by atoms with E-state index in [2.05, 4.69) is 31.9 Å². The van der Waals surface area contributed by atoms with E-state index in [0.717, 1.165) is 6.42 Å². The van der Waals surface area contributed by atoms with Gasteiger partial charge in [0, 0.05) is 17.1 Å². The second-order valence-corrected chi connectivity index (χ2v) is 6.08. The molecule has 0 saturated carbocycles. The molecule has 0 aromatic rings. The van der Waals surface area contributed by atoms with Crippen LogP contribution in [0.4, 0.5) is 0 Å². The lowest BCUT2D eigenvalue weighted by Crippen LogP contribution is -2.32. The van der Waals surface area contributed by atoms with E-state index in [-0.39, 0.29) is 18.3 Å². The molecule has 4 nitrogen and oxygen atoms in total. The Hall–Kier alpha value is -0.100. The van der Waals surface area contributed by atoms with Crippen LogP contribution in [-0.4, -0.2) is 33.3 Å². The molecule has 0 bridgehead atoms. The first-order valence-corrected chi connectivity index (χ1v) is 8.13. The number of carboxylic acid groups (broad SMARTS) is 1. The van der Waals surface area contributed by atoms with Crippen LogP contribution < -0.4 is 0 Å². The van der Waals surface area contributed by atoms with E-state index < -0.39 is 11.6 Å². The molecular formula is C12H20Br2O4. The molecule has 18 heavy (non-hydrogen) atoms. The Kier molecular flexibility index (Phi) is 8.86. The van der Waals surface area contributed by atoms with Gasteiger partial charge in [-0.15, -0.1) is 0 Å². The number of unbranched alkanes of at least 4 members (excludes halogenated alkanes) is 1. The van der Waals surface area contributed by atoms with E-state index in [4.69, 9.17) is 9.84 Å². The second-order valence-electron chi connectivity index (χ2n) is 4.79. The van der Waals surface area contributed by atoms with Crippen LogP contribution in [0.1, 0.15) is 39.5 Å². The lowest BCUT2D eigenvalue weighted by molar-refractivity contribution is -0.160. The van der Waals surface area contributed by atoms with Gasteiger partial charge in [0.2, 0.25) is 0 Å². The molecule has 0 aromatic carbocycles. The number of rotatable bonds is 9. The summed E-state index contributed by atoms with van der Waals surface area (Å²) in [5, 5.41) is 9.65. The van der Waals surface area contributed by atoms with Crippen LogP contribution in [-0.2, 0) is 14.3 Å². The largest absolute Gasteiger partial charge is 0.481 e. The van der Waals surface area contributed by atoms with Crippen LogP contribution in [0.5, 0.6) is 0 Å². The van der Waals surface area contributed by atoms with Crippen LogP contribution in [0, 0.1) is 5.92 Å². The highest BCUT2D eigenvalue weighted by molar-refractivity contribution is 9.09. The molecule has 0 fully saturated rings. The highest BCUT2D eigenvalue weighted by Crippen LogP contribution is 2.21. The standard InChI is InChI=1S/C12H20Br2O4/c1-12(2,6-4-3-5-10(15)16)18-11(17)9(7-13)8-14/h9H,3-8H2,1-2H3,(H,15,16). The number of esters is 1. The molecule has 1 N–H and O–H groups in total. The molecule has 6 heteroatoms. The molecule has 106 valence electrons. The highest BCUT2D eigenvalue weighted by atomic mass is 79.9. The van der Waals surface area contributed by atoms with Gasteiger partial charge in [0.05, 0.1) is 5.92 Å². The van der Waals surface area contributed by atoms with E-state index in [1.165, 1.54) is 0 Å². The third kappa shape index (κ3) is 8.08. The fourth-order valence-corrected chi connectivity index (χ4v) is 3.00. The molecule has 0 radical (unpaired) electrons. The summed E-state index contributed by atoms with van der Waals surface area (Å²) in [5.41, 5.74) is -0.543. The minimum absolute atomic E-state index is 0.162. The first-order valence-electron chi connectivity index (χ1n) is 5.89. The van der Waals surface area contributed by atoms with Gasteiger partial charge in [0.25, 0.3) is 0 Å². The van der Waals surface area contributed by atoms with Gasteiger partial charge in [-0.25, -0.2) is 0 Å². The molecule has 0 aliphatic carbocycles. The van der Waals surface area contributed by atoms with Crippen molar-refractivity contribution in [3.8, 4) is 0 Å². The number of halogens is 2. The fourth-order valence-electron chi connectivity index (χ4n) is 1.40. The summed E-state index contributed by atoms with van der Waals surface area (Å²) in [5.74, 6) is -1.21. The topological polar surface area (TPSA) is 63.6 Å². The lowest BCUT2D eigenvalue weighted by Gasteiger charge is -2.26. The van der Waals surface area contributed by atoms with Crippen LogP contribution in [0.3, 0.4) is 0 Å². The zero-order valence-corrected chi connectivity index (χ0v) is 13.9. The van der Waals surface area contributed by atoms with Crippen molar-refractivity contribution < 1.29 is 19.4 Å². The number of carboxylic acids is 1. The van der Waals surface area contributed by atoms with Gasteiger partial charge in [0.15, 0.2) is 0 Å². The van der Waals surface area contributed by atoms with E-state index in [9.17, 15) is 9.59 Å². The number of aliphatic carboxylic acids is 1. The summed E-state index contributed by atoms with van der Waals surface area (Å²) < 4.78 is 5.44. The number of hydrogen-bond acceptors (Lipinski definition) is 3. The van der Waals surface area contributed by atoms with E-state index in [1.807, 2.05) is 13.8 Å². The van der Waals surface area contributed by atoms with Crippen molar-refractivity contribution >= 4 is 43.8 Å². The monoisotopic (exact) mass is 386 g/mol. The highest BCUT2D eigenvalue weighted by Gasteiger charge is 2.26. The second kappa shape index (κ2) is 8.91. The average Bonchev–Trinajstić information content (AvgIpc) is 2.25. The number of hydrogen-bond donors (Lipinski definition) is 1. The van der Waals surface area contributed by atoms with Crippen LogP contribution in [0.2, 0.25) is 0 Å². The smallest absolute Gasteiger partial charge is 0.311 e. The third-order valence-electron chi connectivity index (χ3n) is 2.50.